The molecule has 0 atom stereocenters. The topological polar surface area (TPSA) is 130 Å². The quantitative estimate of drug-likeness (QED) is 0.390. The number of benzene rings is 1. The van der Waals surface area contributed by atoms with Crippen molar-refractivity contribution in [3.05, 3.63) is 61.3 Å². The lowest BCUT2D eigenvalue weighted by Crippen LogP contribution is -2.46. The summed E-state index contributed by atoms with van der Waals surface area (Å²) < 4.78 is 0. The van der Waals surface area contributed by atoms with E-state index >= 15 is 0 Å². The van der Waals surface area contributed by atoms with Gasteiger partial charge in [-0.3, -0.25) is 35.3 Å². The van der Waals surface area contributed by atoms with Crippen LogP contribution in [0.15, 0.2) is 30.3 Å². The number of carbonyl (C=O) groups is 3. The summed E-state index contributed by atoms with van der Waals surface area (Å²) in [6, 6.07) is 7.05. The second kappa shape index (κ2) is 9.28. The van der Waals surface area contributed by atoms with E-state index in [0.29, 0.717) is 4.88 Å². The maximum absolute atomic E-state index is 12.2. The van der Waals surface area contributed by atoms with Gasteiger partial charge in [0.2, 0.25) is 0 Å². The van der Waals surface area contributed by atoms with Crippen molar-refractivity contribution < 1.29 is 19.3 Å². The molecule has 2 aromatic rings. The summed E-state index contributed by atoms with van der Waals surface area (Å²) in [7, 11) is 0. The fourth-order valence-electron chi connectivity index (χ4n) is 3.03. The minimum atomic E-state index is -0.628. The molecule has 3 rings (SSSR count). The molecule has 0 bridgehead atoms. The molecule has 1 heterocycles. The van der Waals surface area contributed by atoms with Crippen molar-refractivity contribution >= 4 is 34.7 Å². The monoisotopic (exact) mass is 416 g/mol. The van der Waals surface area contributed by atoms with Gasteiger partial charge in [0.05, 0.1) is 16.3 Å². The zero-order valence-corrected chi connectivity index (χ0v) is 16.3. The number of nitrogens with zero attached hydrogens (tertiary/aromatic N) is 1. The number of thiophene rings is 1. The average Bonchev–Trinajstić information content (AvgIpc) is 3.00. The molecule has 0 aliphatic heterocycles. The molecule has 0 spiro atoms. The van der Waals surface area contributed by atoms with Crippen LogP contribution in [0.1, 0.15) is 49.7 Å². The summed E-state index contributed by atoms with van der Waals surface area (Å²) in [5.74, 6) is -1.64. The summed E-state index contributed by atoms with van der Waals surface area (Å²) in [6.07, 6.45) is 5.38. The van der Waals surface area contributed by atoms with Crippen LogP contribution in [0.4, 0.5) is 5.69 Å². The van der Waals surface area contributed by atoms with E-state index in [2.05, 4.69) is 16.2 Å². The smallest absolute Gasteiger partial charge is 0.279 e. The van der Waals surface area contributed by atoms with Crippen LogP contribution in [0, 0.1) is 10.1 Å². The molecule has 3 N–H and O–H groups in total. The Hall–Kier alpha value is -3.27. The van der Waals surface area contributed by atoms with Crippen LogP contribution in [0.25, 0.3) is 0 Å². The van der Waals surface area contributed by atoms with Gasteiger partial charge in [-0.2, -0.15) is 0 Å². The number of rotatable bonds is 5. The number of nitrogens with one attached hydrogen (secondary N) is 3. The SMILES string of the molecule is O=C(CNC(=O)c1cccc([N+](=O)[O-])c1)NNC(=O)c1cc2c(s1)CCCCC2. The zero-order chi connectivity index (χ0) is 20.8. The van der Waals surface area contributed by atoms with Crippen molar-refractivity contribution in [1.29, 1.82) is 0 Å². The third kappa shape index (κ3) is 5.38. The number of hydrazine groups is 1. The van der Waals surface area contributed by atoms with Crippen LogP contribution in [0.3, 0.4) is 0 Å². The molecule has 0 fully saturated rings. The summed E-state index contributed by atoms with van der Waals surface area (Å²) >= 11 is 1.44. The first-order chi connectivity index (χ1) is 13.9. The lowest BCUT2D eigenvalue weighted by Gasteiger charge is -2.08. The van der Waals surface area contributed by atoms with Gasteiger partial charge in [-0.25, -0.2) is 0 Å². The summed E-state index contributed by atoms with van der Waals surface area (Å²) in [6.45, 7) is -0.386. The number of fused-ring (bicyclic) bond motifs is 1. The van der Waals surface area contributed by atoms with E-state index in [0.717, 1.165) is 31.7 Å². The third-order valence-corrected chi connectivity index (χ3v) is 5.75. The van der Waals surface area contributed by atoms with E-state index < -0.39 is 22.6 Å². The number of carbonyl (C=O) groups excluding carboxylic acids is 3. The Bertz CT molecular complexity index is 932. The molecule has 1 aliphatic rings. The van der Waals surface area contributed by atoms with E-state index in [1.54, 1.807) is 0 Å². The largest absolute Gasteiger partial charge is 0.343 e. The number of aryl methyl sites for hydroxylation is 2. The highest BCUT2D eigenvalue weighted by Crippen LogP contribution is 2.28. The van der Waals surface area contributed by atoms with Gasteiger partial charge in [0.15, 0.2) is 0 Å². The minimum absolute atomic E-state index is 0.0659. The predicted molar refractivity (Wildman–Crippen MR) is 107 cm³/mol. The standard InChI is InChI=1S/C19H20N4O5S/c24-17(11-20-18(25)13-6-4-7-14(9-13)23(27)28)21-22-19(26)16-10-12-5-2-1-3-8-15(12)29-16/h4,6-7,9-10H,1-3,5,8,11H2,(H,20,25)(H,21,24)(H,22,26). The Kier molecular flexibility index (Phi) is 6.55. The van der Waals surface area contributed by atoms with E-state index in [1.165, 1.54) is 46.4 Å². The average molecular weight is 416 g/mol. The Morgan fingerprint density at radius 1 is 1.03 bits per heavy atom. The first kappa shape index (κ1) is 20.5. The molecule has 10 heteroatoms. The molecule has 9 nitrogen and oxygen atoms in total. The van der Waals surface area contributed by atoms with Crippen molar-refractivity contribution in [2.45, 2.75) is 32.1 Å². The maximum atomic E-state index is 12.2. The normalized spacial score (nSPS) is 13.0. The highest BCUT2D eigenvalue weighted by Gasteiger charge is 2.17. The van der Waals surface area contributed by atoms with E-state index in [1.807, 2.05) is 6.07 Å². The summed E-state index contributed by atoms with van der Waals surface area (Å²) in [5, 5.41) is 13.1. The van der Waals surface area contributed by atoms with E-state index in [9.17, 15) is 24.5 Å². The second-order valence-electron chi connectivity index (χ2n) is 6.61. The van der Waals surface area contributed by atoms with Gasteiger partial charge in [0.25, 0.3) is 23.4 Å². The molecule has 0 saturated carbocycles. The molecule has 152 valence electrons. The molecular formula is C19H20N4O5S. The number of hydrogen-bond donors (Lipinski definition) is 3. The Morgan fingerprint density at radius 2 is 1.83 bits per heavy atom. The molecular weight excluding hydrogens is 396 g/mol. The molecule has 0 radical (unpaired) electrons. The molecule has 29 heavy (non-hydrogen) atoms. The van der Waals surface area contributed by atoms with Crippen LogP contribution in [0.5, 0.6) is 0 Å². The van der Waals surface area contributed by atoms with E-state index in [-0.39, 0.29) is 17.8 Å². The fraction of sp³-hybridized carbons (Fsp3) is 0.316. The van der Waals surface area contributed by atoms with Crippen LogP contribution < -0.4 is 16.2 Å². The number of hydrogen-bond acceptors (Lipinski definition) is 6. The number of nitro groups is 1. The lowest BCUT2D eigenvalue weighted by atomic mass is 10.1. The van der Waals surface area contributed by atoms with Crippen LogP contribution in [-0.4, -0.2) is 29.2 Å². The van der Waals surface area contributed by atoms with Crippen molar-refractivity contribution in [1.82, 2.24) is 16.2 Å². The van der Waals surface area contributed by atoms with Gasteiger partial charge in [-0.05, 0) is 43.4 Å². The van der Waals surface area contributed by atoms with Crippen molar-refractivity contribution in [3.63, 3.8) is 0 Å². The summed E-state index contributed by atoms with van der Waals surface area (Å²) in [4.78, 5) is 48.1. The molecule has 3 amide bonds. The molecule has 1 aromatic heterocycles. The third-order valence-electron chi connectivity index (χ3n) is 4.51. The Labute approximate surface area is 170 Å². The van der Waals surface area contributed by atoms with Gasteiger partial charge < -0.3 is 5.32 Å². The fourth-order valence-corrected chi connectivity index (χ4v) is 4.18. The zero-order valence-electron chi connectivity index (χ0n) is 15.5. The number of nitro benzene ring substituents is 1. The first-order valence-corrected chi connectivity index (χ1v) is 9.99. The Balaban J connectivity index is 1.47. The van der Waals surface area contributed by atoms with Crippen LogP contribution in [-0.2, 0) is 17.6 Å². The minimum Gasteiger partial charge on any atom is -0.343 e. The first-order valence-electron chi connectivity index (χ1n) is 9.17. The molecule has 1 aromatic carbocycles. The van der Waals surface area contributed by atoms with Gasteiger partial charge in [0, 0.05) is 22.6 Å². The van der Waals surface area contributed by atoms with Crippen molar-refractivity contribution in [2.24, 2.45) is 0 Å². The van der Waals surface area contributed by atoms with Gasteiger partial charge in [0.1, 0.15) is 0 Å². The molecule has 1 aliphatic carbocycles. The summed E-state index contributed by atoms with van der Waals surface area (Å²) in [5.41, 5.74) is 5.65. The highest BCUT2D eigenvalue weighted by molar-refractivity contribution is 7.14. The van der Waals surface area contributed by atoms with Crippen LogP contribution >= 0.6 is 11.3 Å². The van der Waals surface area contributed by atoms with Gasteiger partial charge >= 0.3 is 0 Å². The maximum Gasteiger partial charge on any atom is 0.279 e. The van der Waals surface area contributed by atoms with Crippen molar-refractivity contribution in [2.75, 3.05) is 6.54 Å². The van der Waals surface area contributed by atoms with Crippen molar-refractivity contribution in [3.8, 4) is 0 Å². The molecule has 0 unspecified atom stereocenters. The van der Waals surface area contributed by atoms with Crippen LogP contribution in [0.2, 0.25) is 0 Å². The molecule has 0 saturated heterocycles. The van der Waals surface area contributed by atoms with Gasteiger partial charge in [-0.15, -0.1) is 11.3 Å². The number of amides is 3. The predicted octanol–water partition coefficient (Wildman–Crippen LogP) is 2.12. The highest BCUT2D eigenvalue weighted by atomic mass is 32.1. The van der Waals surface area contributed by atoms with Gasteiger partial charge in [-0.1, -0.05) is 12.5 Å². The lowest BCUT2D eigenvalue weighted by molar-refractivity contribution is -0.384. The number of non-ortho nitro benzene ring substituents is 1. The second-order valence-corrected chi connectivity index (χ2v) is 7.75. The van der Waals surface area contributed by atoms with E-state index in [4.69, 9.17) is 0 Å². The Morgan fingerprint density at radius 3 is 2.62 bits per heavy atom.